The molecule has 0 fully saturated rings. The van der Waals surface area contributed by atoms with Crippen LogP contribution in [0.1, 0.15) is 108 Å². The van der Waals surface area contributed by atoms with E-state index in [1.165, 1.54) is 33.1 Å². The number of nitrogens with zero attached hydrogens (tertiary/aromatic N) is 7. The molecule has 2 aromatic heterocycles. The van der Waals surface area contributed by atoms with Gasteiger partial charge in [0, 0.05) is 28.3 Å². The van der Waals surface area contributed by atoms with E-state index < -0.39 is 36.2 Å². The first-order chi connectivity index (χ1) is 33.9. The number of rotatable bonds is 14. The molecule has 71 heavy (non-hydrogen) atoms. The molecule has 0 aliphatic heterocycles. The van der Waals surface area contributed by atoms with Gasteiger partial charge >= 0.3 is 18.0 Å². The van der Waals surface area contributed by atoms with Crippen LogP contribution in [0.4, 0.5) is 16.2 Å². The van der Waals surface area contributed by atoms with Crippen molar-refractivity contribution in [1.29, 1.82) is 0 Å². The zero-order chi connectivity index (χ0) is 51.0. The molecule has 3 N–H and O–H groups in total. The van der Waals surface area contributed by atoms with E-state index in [9.17, 15) is 19.5 Å². The molecule has 368 valence electrons. The van der Waals surface area contributed by atoms with Gasteiger partial charge in [-0.15, -0.1) is 20.4 Å². The summed E-state index contributed by atoms with van der Waals surface area (Å²) in [4.78, 5) is 44.3. The third-order valence-electron chi connectivity index (χ3n) is 11.5. The predicted octanol–water partition coefficient (Wildman–Crippen LogP) is 12.2. The van der Waals surface area contributed by atoms with Crippen molar-refractivity contribution in [3.8, 4) is 53.8 Å². The minimum absolute atomic E-state index is 0.00689. The maximum Gasteiger partial charge on any atom is 0.411 e. The Balaban J connectivity index is 0.000000213. The fourth-order valence-electron chi connectivity index (χ4n) is 8.67. The number of aliphatic carboxylic acids is 2. The highest BCUT2D eigenvalue weighted by Crippen LogP contribution is 2.43. The van der Waals surface area contributed by atoms with E-state index in [1.54, 1.807) is 39.0 Å². The van der Waals surface area contributed by atoms with E-state index in [0.29, 0.717) is 34.3 Å². The first-order valence-electron chi connectivity index (χ1n) is 23.4. The van der Waals surface area contributed by atoms with Crippen molar-refractivity contribution in [3.63, 3.8) is 0 Å². The summed E-state index contributed by atoms with van der Waals surface area (Å²) in [6, 6.07) is 22.4. The van der Waals surface area contributed by atoms with Crippen LogP contribution in [0.5, 0.6) is 11.5 Å². The third kappa shape index (κ3) is 12.8. The Morgan fingerprint density at radius 2 is 1.21 bits per heavy atom. The topological polar surface area (TPSA) is 195 Å². The van der Waals surface area contributed by atoms with E-state index >= 15 is 0 Å². The second-order valence-corrected chi connectivity index (χ2v) is 20.6. The molecular weight excluding hydrogens is 941 g/mol. The van der Waals surface area contributed by atoms with Crippen molar-refractivity contribution in [2.75, 3.05) is 13.1 Å². The maximum absolute atomic E-state index is 13.0. The lowest BCUT2D eigenvalue weighted by Gasteiger charge is -2.36. The summed E-state index contributed by atoms with van der Waals surface area (Å²) in [7, 11) is 0. The minimum Gasteiger partial charge on any atom is -0.502 e. The Kier molecular flexibility index (Phi) is 16.5. The SMILES string of the molecule is [C-]#[N+]c1cc(-c2nnc(-c3cccc4c3CCC[C@H]4N(CC(=O)O)C(=O)OC(C)(C)C)s2)ccc1OC(C)C.[C-]#[N+]c1cc(-c2nnc(-c3cccc4c3CCC[C@H]4NCC(=O)O)s2)ccc1OC(C)C. The average molecular weight is 997 g/mol. The summed E-state index contributed by atoms with van der Waals surface area (Å²) in [5.41, 5.74) is 7.94. The summed E-state index contributed by atoms with van der Waals surface area (Å²) in [6.07, 6.45) is 4.32. The number of carboxylic acid groups (broad SMARTS) is 2. The number of hydrogen-bond donors (Lipinski definition) is 3. The number of carbonyl (C=O) groups excluding carboxylic acids is 1. The summed E-state index contributed by atoms with van der Waals surface area (Å²) in [5.74, 6) is -0.847. The lowest BCUT2D eigenvalue weighted by atomic mass is 9.84. The van der Waals surface area contributed by atoms with Crippen molar-refractivity contribution in [3.05, 3.63) is 118 Å². The van der Waals surface area contributed by atoms with Gasteiger partial charge in [0.05, 0.1) is 37.9 Å². The van der Waals surface area contributed by atoms with Gasteiger partial charge in [0.25, 0.3) is 0 Å². The van der Waals surface area contributed by atoms with E-state index in [-0.39, 0.29) is 24.8 Å². The molecule has 2 atom stereocenters. The van der Waals surface area contributed by atoms with Gasteiger partial charge in [-0.3, -0.25) is 14.5 Å². The van der Waals surface area contributed by atoms with Gasteiger partial charge in [-0.2, -0.15) is 0 Å². The molecule has 0 saturated carbocycles. The quantitative estimate of drug-likeness (QED) is 0.0873. The molecule has 2 heterocycles. The average Bonchev–Trinajstić information content (AvgIpc) is 4.03. The molecule has 18 heteroatoms. The largest absolute Gasteiger partial charge is 0.502 e. The van der Waals surface area contributed by atoms with Crippen molar-refractivity contribution in [2.45, 2.75) is 117 Å². The van der Waals surface area contributed by atoms with E-state index in [0.717, 1.165) is 86.1 Å². The van der Waals surface area contributed by atoms with Crippen LogP contribution < -0.4 is 14.8 Å². The number of benzene rings is 4. The number of amides is 1. The number of fused-ring (bicyclic) bond motifs is 2. The first kappa shape index (κ1) is 51.6. The van der Waals surface area contributed by atoms with Crippen LogP contribution in [0.3, 0.4) is 0 Å². The molecule has 16 nitrogen and oxygen atoms in total. The van der Waals surface area contributed by atoms with E-state index in [1.807, 2.05) is 76.2 Å². The molecule has 2 aliphatic carbocycles. The number of ether oxygens (including phenoxy) is 3. The molecule has 0 unspecified atom stereocenters. The van der Waals surface area contributed by atoms with Crippen LogP contribution in [0, 0.1) is 13.1 Å². The second-order valence-electron chi connectivity index (χ2n) is 18.6. The van der Waals surface area contributed by atoms with Gasteiger partial charge in [0.15, 0.2) is 0 Å². The fourth-order valence-corrected chi connectivity index (χ4v) is 10.5. The van der Waals surface area contributed by atoms with Gasteiger partial charge in [0.2, 0.25) is 11.4 Å². The zero-order valence-corrected chi connectivity index (χ0v) is 42.3. The predicted molar refractivity (Wildman–Crippen MR) is 273 cm³/mol. The van der Waals surface area contributed by atoms with Crippen LogP contribution in [0.25, 0.3) is 52.0 Å². The molecule has 0 spiro atoms. The van der Waals surface area contributed by atoms with E-state index in [2.05, 4.69) is 41.5 Å². The highest BCUT2D eigenvalue weighted by atomic mass is 32.1. The fraction of sp³-hybridized carbons (Fsp3) is 0.377. The lowest BCUT2D eigenvalue weighted by Crippen LogP contribution is -2.43. The Labute approximate surface area is 421 Å². The maximum atomic E-state index is 13.0. The van der Waals surface area contributed by atoms with Crippen LogP contribution >= 0.6 is 22.7 Å². The summed E-state index contributed by atoms with van der Waals surface area (Å²) in [6.45, 7) is 27.5. The van der Waals surface area contributed by atoms with Crippen molar-refractivity contribution < 1.29 is 38.8 Å². The molecular formula is C53H56N8O8S2. The van der Waals surface area contributed by atoms with Gasteiger partial charge in [-0.25, -0.2) is 14.5 Å². The first-order valence-corrected chi connectivity index (χ1v) is 25.0. The molecule has 6 aromatic rings. The number of carboxylic acids is 2. The normalized spacial score (nSPS) is 15.0. The van der Waals surface area contributed by atoms with Gasteiger partial charge in [-0.1, -0.05) is 71.2 Å². The van der Waals surface area contributed by atoms with Crippen molar-refractivity contribution in [2.24, 2.45) is 0 Å². The molecule has 0 radical (unpaired) electrons. The van der Waals surface area contributed by atoms with Gasteiger partial charge in [0.1, 0.15) is 43.7 Å². The molecule has 0 saturated heterocycles. The Bertz CT molecular complexity index is 3000. The molecule has 4 aromatic carbocycles. The Hall–Kier alpha value is -7.25. The van der Waals surface area contributed by atoms with Crippen molar-refractivity contribution in [1.82, 2.24) is 30.6 Å². The summed E-state index contributed by atoms with van der Waals surface area (Å²) >= 11 is 2.91. The molecule has 2 aliphatic rings. The number of hydrogen-bond acceptors (Lipinski definition) is 13. The van der Waals surface area contributed by atoms with Crippen LogP contribution in [0.15, 0.2) is 72.8 Å². The van der Waals surface area contributed by atoms with Gasteiger partial charge < -0.3 is 29.7 Å². The molecule has 1 amide bonds. The van der Waals surface area contributed by atoms with E-state index in [4.69, 9.17) is 32.5 Å². The standard InChI is InChI=1S/C29H32N4O5S.C24H24N4O3S/c1-17(2)37-24-14-13-18(15-22(24)30-6)26-31-32-27(39-26)21-11-7-10-20-19(21)9-8-12-23(20)33(16-25(34)35)28(36)38-29(3,4)5;1-14(2)31-21-11-10-15(12-20(21)25-3)23-27-28-24(32-23)18-8-4-7-17-16(18)6-5-9-19(17)26-13-22(29)30/h7,10-11,13-15,17,23H,8-9,12,16H2,1-5H3,(H,34,35);4,7-8,10-12,14,19,26H,5-6,9,13H2,1-2H3,(H,29,30)/t23-;19-/m11/s1. The summed E-state index contributed by atoms with van der Waals surface area (Å²) < 4.78 is 17.0. The molecule has 8 rings (SSSR count). The molecule has 0 bridgehead atoms. The van der Waals surface area contributed by atoms with Crippen molar-refractivity contribution >= 4 is 52.1 Å². The number of nitrogens with one attached hydrogen (secondary N) is 1. The lowest BCUT2D eigenvalue weighted by molar-refractivity contribution is -0.139. The zero-order valence-electron chi connectivity index (χ0n) is 40.7. The summed E-state index contributed by atoms with van der Waals surface area (Å²) in [5, 5.41) is 42.4. The Morgan fingerprint density at radius 3 is 1.69 bits per heavy atom. The number of carbonyl (C=O) groups is 3. The highest BCUT2D eigenvalue weighted by molar-refractivity contribution is 7.18. The number of aromatic nitrogens is 4. The smallest absolute Gasteiger partial charge is 0.411 e. The van der Waals surface area contributed by atoms with Crippen LogP contribution in [-0.4, -0.2) is 84.4 Å². The monoisotopic (exact) mass is 996 g/mol. The van der Waals surface area contributed by atoms with Crippen LogP contribution in [-0.2, 0) is 27.2 Å². The minimum atomic E-state index is -1.10. The van der Waals surface area contributed by atoms with Gasteiger partial charge in [-0.05, 0) is 134 Å². The third-order valence-corrected chi connectivity index (χ3v) is 13.5. The second kappa shape index (κ2) is 22.7. The van der Waals surface area contributed by atoms with Crippen LogP contribution in [0.2, 0.25) is 0 Å². The Morgan fingerprint density at radius 1 is 0.718 bits per heavy atom. The highest BCUT2D eigenvalue weighted by Gasteiger charge is 2.35.